The van der Waals surface area contributed by atoms with Crippen molar-refractivity contribution >= 4 is 0 Å². The molecule has 1 unspecified atom stereocenters. The maximum atomic E-state index is 10.1. The number of ether oxygens (including phenoxy) is 1. The summed E-state index contributed by atoms with van der Waals surface area (Å²) >= 11 is 0. The van der Waals surface area contributed by atoms with Gasteiger partial charge in [0.25, 0.3) is 0 Å². The summed E-state index contributed by atoms with van der Waals surface area (Å²) in [7, 11) is 1.58. The molecule has 0 fully saturated rings. The van der Waals surface area contributed by atoms with Crippen LogP contribution < -0.4 is 4.74 Å². The lowest BCUT2D eigenvalue weighted by atomic mass is 10.0. The smallest absolute Gasteiger partial charge is 0.143 e. The Hall–Kier alpha value is -1.87. The highest BCUT2D eigenvalue weighted by molar-refractivity contribution is 5.30. The lowest BCUT2D eigenvalue weighted by Gasteiger charge is -2.13. The van der Waals surface area contributed by atoms with Gasteiger partial charge < -0.3 is 9.84 Å². The van der Waals surface area contributed by atoms with Crippen LogP contribution in [0.1, 0.15) is 17.4 Å². The summed E-state index contributed by atoms with van der Waals surface area (Å²) in [5.74, 6) is 0.621. The predicted molar refractivity (Wildman–Crippen MR) is 65.9 cm³/mol. The number of nitrogens with zero attached hydrogens (tertiary/aromatic N) is 1. The summed E-state index contributed by atoms with van der Waals surface area (Å²) in [5, 5.41) is 10.1. The van der Waals surface area contributed by atoms with E-state index in [0.717, 1.165) is 5.56 Å². The van der Waals surface area contributed by atoms with Crippen molar-refractivity contribution in [1.29, 1.82) is 0 Å². The van der Waals surface area contributed by atoms with Crippen molar-refractivity contribution in [3.8, 4) is 5.75 Å². The molecule has 2 aromatic rings. The molecule has 88 valence electrons. The molecule has 1 N–H and O–H groups in total. The van der Waals surface area contributed by atoms with E-state index in [4.69, 9.17) is 4.74 Å². The van der Waals surface area contributed by atoms with Gasteiger partial charge in [-0.25, -0.2) is 0 Å². The van der Waals surface area contributed by atoms with Crippen LogP contribution in [0.25, 0.3) is 0 Å². The third-order valence-corrected chi connectivity index (χ3v) is 2.61. The molecule has 0 aliphatic carbocycles. The highest BCUT2D eigenvalue weighted by Gasteiger charge is 2.14. The first-order valence-electron chi connectivity index (χ1n) is 5.52. The van der Waals surface area contributed by atoms with Gasteiger partial charge in [-0.1, -0.05) is 30.3 Å². The van der Waals surface area contributed by atoms with Crippen molar-refractivity contribution in [3.05, 3.63) is 59.9 Å². The van der Waals surface area contributed by atoms with Gasteiger partial charge in [0, 0.05) is 12.6 Å². The molecule has 1 aromatic heterocycles. The van der Waals surface area contributed by atoms with Gasteiger partial charge in [-0.3, -0.25) is 4.98 Å². The lowest BCUT2D eigenvalue weighted by molar-refractivity contribution is 0.169. The fourth-order valence-corrected chi connectivity index (χ4v) is 1.76. The molecular formula is C14H15NO2. The average molecular weight is 229 g/mol. The van der Waals surface area contributed by atoms with Crippen molar-refractivity contribution in [1.82, 2.24) is 4.98 Å². The molecular weight excluding hydrogens is 214 g/mol. The first-order valence-corrected chi connectivity index (χ1v) is 5.52. The molecule has 17 heavy (non-hydrogen) atoms. The zero-order chi connectivity index (χ0) is 12.1. The largest absolute Gasteiger partial charge is 0.495 e. The number of pyridine rings is 1. The number of hydrogen-bond acceptors (Lipinski definition) is 3. The van der Waals surface area contributed by atoms with E-state index >= 15 is 0 Å². The number of methoxy groups -OCH3 is 1. The normalized spacial score (nSPS) is 12.1. The van der Waals surface area contributed by atoms with Crippen molar-refractivity contribution in [2.24, 2.45) is 0 Å². The Morgan fingerprint density at radius 1 is 1.18 bits per heavy atom. The Balaban J connectivity index is 2.17. The van der Waals surface area contributed by atoms with E-state index in [1.807, 2.05) is 30.3 Å². The van der Waals surface area contributed by atoms with Gasteiger partial charge in [-0.2, -0.15) is 0 Å². The van der Waals surface area contributed by atoms with Gasteiger partial charge in [-0.15, -0.1) is 0 Å². The topological polar surface area (TPSA) is 42.4 Å². The molecule has 3 nitrogen and oxygen atoms in total. The van der Waals surface area contributed by atoms with E-state index in [9.17, 15) is 5.11 Å². The van der Waals surface area contributed by atoms with Crippen LogP contribution in [0.2, 0.25) is 0 Å². The van der Waals surface area contributed by atoms with Crippen molar-refractivity contribution in [2.45, 2.75) is 12.5 Å². The standard InChI is InChI=1S/C14H15NO2/c1-17-13-8-5-9-15-14(13)12(16)10-11-6-3-2-4-7-11/h2-9,12,16H,10H2,1H3. The van der Waals surface area contributed by atoms with E-state index in [1.54, 1.807) is 25.4 Å². The van der Waals surface area contributed by atoms with E-state index in [0.29, 0.717) is 17.9 Å². The molecule has 0 radical (unpaired) electrons. The molecule has 0 spiro atoms. The summed E-state index contributed by atoms with van der Waals surface area (Å²) in [6.45, 7) is 0. The number of hydrogen-bond donors (Lipinski definition) is 1. The molecule has 0 saturated carbocycles. The number of aliphatic hydroxyl groups excluding tert-OH is 1. The minimum Gasteiger partial charge on any atom is -0.495 e. The van der Waals surface area contributed by atoms with E-state index in [1.165, 1.54) is 0 Å². The highest BCUT2D eigenvalue weighted by atomic mass is 16.5. The fourth-order valence-electron chi connectivity index (χ4n) is 1.76. The molecule has 0 aliphatic rings. The minimum absolute atomic E-state index is 0.536. The third-order valence-electron chi connectivity index (χ3n) is 2.61. The molecule has 1 heterocycles. The Bertz CT molecular complexity index is 471. The Morgan fingerprint density at radius 3 is 2.65 bits per heavy atom. The summed E-state index contributed by atoms with van der Waals surface area (Å²) in [4.78, 5) is 4.17. The van der Waals surface area contributed by atoms with Gasteiger partial charge >= 0.3 is 0 Å². The molecule has 0 bridgehead atoms. The van der Waals surface area contributed by atoms with E-state index in [-0.39, 0.29) is 0 Å². The molecule has 1 aromatic carbocycles. The summed E-state index contributed by atoms with van der Waals surface area (Å²) in [6.07, 6.45) is 1.55. The quantitative estimate of drug-likeness (QED) is 0.875. The molecule has 3 heteroatoms. The average Bonchev–Trinajstić information content (AvgIpc) is 2.40. The zero-order valence-corrected chi connectivity index (χ0v) is 9.71. The van der Waals surface area contributed by atoms with Crippen LogP contribution in [0, 0.1) is 0 Å². The SMILES string of the molecule is COc1cccnc1C(O)Cc1ccccc1. The Morgan fingerprint density at radius 2 is 1.94 bits per heavy atom. The van der Waals surface area contributed by atoms with Crippen LogP contribution in [0.5, 0.6) is 5.75 Å². The van der Waals surface area contributed by atoms with Crippen LogP contribution in [-0.4, -0.2) is 17.2 Å². The minimum atomic E-state index is -0.645. The Kier molecular flexibility index (Phi) is 3.73. The number of aromatic nitrogens is 1. The maximum absolute atomic E-state index is 10.1. The van der Waals surface area contributed by atoms with Gasteiger partial charge in [0.2, 0.25) is 0 Å². The Labute approximate surface area is 101 Å². The van der Waals surface area contributed by atoms with Crippen LogP contribution in [0.4, 0.5) is 0 Å². The van der Waals surface area contributed by atoms with Gasteiger partial charge in [0.15, 0.2) is 0 Å². The van der Waals surface area contributed by atoms with Gasteiger partial charge in [-0.05, 0) is 17.7 Å². The third kappa shape index (κ3) is 2.82. The van der Waals surface area contributed by atoms with Gasteiger partial charge in [0.05, 0.1) is 7.11 Å². The van der Waals surface area contributed by atoms with Crippen molar-refractivity contribution in [2.75, 3.05) is 7.11 Å². The van der Waals surface area contributed by atoms with Crippen LogP contribution in [0.15, 0.2) is 48.7 Å². The molecule has 2 rings (SSSR count). The zero-order valence-electron chi connectivity index (χ0n) is 9.71. The summed E-state index contributed by atoms with van der Waals surface area (Å²) in [6, 6.07) is 13.4. The first-order chi connectivity index (χ1) is 8.31. The first kappa shape index (κ1) is 11.6. The second-order valence-corrected chi connectivity index (χ2v) is 3.80. The van der Waals surface area contributed by atoms with E-state index in [2.05, 4.69) is 4.98 Å². The van der Waals surface area contributed by atoms with Crippen molar-refractivity contribution < 1.29 is 9.84 Å². The highest BCUT2D eigenvalue weighted by Crippen LogP contribution is 2.24. The van der Waals surface area contributed by atoms with Gasteiger partial charge in [0.1, 0.15) is 17.5 Å². The molecule has 0 aliphatic heterocycles. The van der Waals surface area contributed by atoms with Crippen molar-refractivity contribution in [3.63, 3.8) is 0 Å². The second kappa shape index (κ2) is 5.46. The monoisotopic (exact) mass is 229 g/mol. The summed E-state index contributed by atoms with van der Waals surface area (Å²) < 4.78 is 5.18. The fraction of sp³-hybridized carbons (Fsp3) is 0.214. The van der Waals surface area contributed by atoms with E-state index < -0.39 is 6.10 Å². The predicted octanol–water partition coefficient (Wildman–Crippen LogP) is 2.37. The summed E-state index contributed by atoms with van der Waals surface area (Å²) in [5.41, 5.74) is 1.66. The van der Waals surface area contributed by atoms with Crippen LogP contribution in [0.3, 0.4) is 0 Å². The van der Waals surface area contributed by atoms with Crippen LogP contribution >= 0.6 is 0 Å². The number of rotatable bonds is 4. The van der Waals surface area contributed by atoms with Crippen LogP contribution in [-0.2, 0) is 6.42 Å². The number of benzene rings is 1. The molecule has 1 atom stereocenters. The lowest BCUT2D eigenvalue weighted by Crippen LogP contribution is -2.06. The maximum Gasteiger partial charge on any atom is 0.143 e. The number of aliphatic hydroxyl groups is 1. The molecule has 0 saturated heterocycles. The second-order valence-electron chi connectivity index (χ2n) is 3.80. The molecule has 0 amide bonds.